The molecule has 1 fully saturated rings. The van der Waals surface area contributed by atoms with Gasteiger partial charge in [0.25, 0.3) is 11.5 Å². The molecular formula is C17H19N3O3. The molecule has 2 heterocycles. The molecule has 0 saturated carbocycles. The maximum absolute atomic E-state index is 12.3. The molecule has 1 unspecified atom stereocenters. The van der Waals surface area contributed by atoms with Crippen LogP contribution in [0.5, 0.6) is 0 Å². The molecule has 1 saturated heterocycles. The number of pyridine rings is 1. The molecule has 0 aliphatic carbocycles. The summed E-state index contributed by atoms with van der Waals surface area (Å²) in [5.74, 6) is -0.211. The second-order valence-corrected chi connectivity index (χ2v) is 5.92. The summed E-state index contributed by atoms with van der Waals surface area (Å²) < 4.78 is 0. The second kappa shape index (κ2) is 6.24. The normalized spacial score (nSPS) is 15.9. The van der Waals surface area contributed by atoms with Crippen LogP contribution < -0.4 is 10.9 Å². The first-order valence-corrected chi connectivity index (χ1v) is 7.75. The highest BCUT2D eigenvalue weighted by Crippen LogP contribution is 2.11. The summed E-state index contributed by atoms with van der Waals surface area (Å²) in [4.78, 5) is 40.3. The molecule has 0 bridgehead atoms. The van der Waals surface area contributed by atoms with Gasteiger partial charge in [-0.25, -0.2) is 0 Å². The monoisotopic (exact) mass is 313 g/mol. The lowest BCUT2D eigenvalue weighted by Crippen LogP contribution is -2.42. The highest BCUT2D eigenvalue weighted by atomic mass is 16.2. The lowest BCUT2D eigenvalue weighted by atomic mass is 10.1. The van der Waals surface area contributed by atoms with Crippen molar-refractivity contribution in [2.24, 2.45) is 0 Å². The van der Waals surface area contributed by atoms with Crippen LogP contribution in [0.1, 0.15) is 30.3 Å². The van der Waals surface area contributed by atoms with Crippen LogP contribution in [0.25, 0.3) is 10.8 Å². The summed E-state index contributed by atoms with van der Waals surface area (Å²) in [7, 11) is 0. The summed E-state index contributed by atoms with van der Waals surface area (Å²) in [5.41, 5.74) is -0.0519. The predicted molar refractivity (Wildman–Crippen MR) is 87.3 cm³/mol. The van der Waals surface area contributed by atoms with E-state index in [0.29, 0.717) is 18.4 Å². The average molecular weight is 313 g/mol. The third-order valence-electron chi connectivity index (χ3n) is 4.04. The van der Waals surface area contributed by atoms with E-state index in [9.17, 15) is 14.4 Å². The van der Waals surface area contributed by atoms with Crippen LogP contribution in [0.3, 0.4) is 0 Å². The predicted octanol–water partition coefficient (Wildman–Crippen LogP) is 1.27. The molecule has 6 heteroatoms. The summed E-state index contributed by atoms with van der Waals surface area (Å²) in [6, 6.07) is 8.61. The molecule has 23 heavy (non-hydrogen) atoms. The molecular weight excluding hydrogens is 294 g/mol. The highest BCUT2D eigenvalue weighted by Gasteiger charge is 2.22. The fraction of sp³-hybridized carbons (Fsp3) is 0.353. The van der Waals surface area contributed by atoms with Crippen molar-refractivity contribution < 1.29 is 9.59 Å². The lowest BCUT2D eigenvalue weighted by Gasteiger charge is -2.21. The number of fused-ring (bicyclic) bond motifs is 1. The fourth-order valence-corrected chi connectivity index (χ4v) is 2.91. The largest absolute Gasteiger partial charge is 0.347 e. The Balaban J connectivity index is 1.73. The van der Waals surface area contributed by atoms with Crippen LogP contribution >= 0.6 is 0 Å². The van der Waals surface area contributed by atoms with Crippen LogP contribution in [-0.4, -0.2) is 40.8 Å². The number of H-pyrrole nitrogens is 1. The van der Waals surface area contributed by atoms with E-state index in [1.165, 1.54) is 0 Å². The maximum atomic E-state index is 12.3. The third kappa shape index (κ3) is 3.26. The molecule has 2 N–H and O–H groups in total. The molecule has 0 spiro atoms. The van der Waals surface area contributed by atoms with Crippen molar-refractivity contribution in [3.63, 3.8) is 0 Å². The number of nitrogens with one attached hydrogen (secondary N) is 2. The van der Waals surface area contributed by atoms with Crippen molar-refractivity contribution in [3.05, 3.63) is 46.4 Å². The van der Waals surface area contributed by atoms with E-state index in [1.54, 1.807) is 29.2 Å². The Morgan fingerprint density at radius 2 is 2.13 bits per heavy atom. The van der Waals surface area contributed by atoms with Gasteiger partial charge in [-0.05, 0) is 30.9 Å². The molecule has 1 aliphatic heterocycles. The van der Waals surface area contributed by atoms with Gasteiger partial charge in [-0.3, -0.25) is 14.4 Å². The number of hydrogen-bond acceptors (Lipinski definition) is 3. The van der Waals surface area contributed by atoms with Crippen LogP contribution in [0.4, 0.5) is 0 Å². The van der Waals surface area contributed by atoms with Crippen molar-refractivity contribution in [1.29, 1.82) is 0 Å². The van der Waals surface area contributed by atoms with Gasteiger partial charge in [-0.1, -0.05) is 18.2 Å². The number of aromatic amines is 1. The maximum Gasteiger partial charge on any atom is 0.268 e. The number of nitrogens with zero attached hydrogens (tertiary/aromatic N) is 1. The molecule has 6 nitrogen and oxygen atoms in total. The van der Waals surface area contributed by atoms with Crippen LogP contribution in [-0.2, 0) is 4.79 Å². The Morgan fingerprint density at radius 3 is 2.87 bits per heavy atom. The Kier molecular flexibility index (Phi) is 4.14. The molecule has 0 radical (unpaired) electrons. The first-order chi connectivity index (χ1) is 11.0. The standard InChI is InChI=1S/C17H19N3O3/c1-11(10-20-8-4-7-15(20)21)18-17(23)14-9-12-5-2-3-6-13(12)16(22)19-14/h2-3,5-6,9,11H,4,7-8,10H2,1H3,(H,18,23)(H,19,22). The number of carbonyl (C=O) groups is 2. The van der Waals surface area contributed by atoms with Gasteiger partial charge < -0.3 is 15.2 Å². The van der Waals surface area contributed by atoms with Gasteiger partial charge in [0.1, 0.15) is 5.69 Å². The Bertz CT molecular complexity index is 812. The zero-order chi connectivity index (χ0) is 16.4. The van der Waals surface area contributed by atoms with E-state index in [-0.39, 0.29) is 29.1 Å². The molecule has 1 aromatic carbocycles. The zero-order valence-corrected chi connectivity index (χ0v) is 13.0. The van der Waals surface area contributed by atoms with E-state index >= 15 is 0 Å². The summed E-state index contributed by atoms with van der Waals surface area (Å²) in [6.45, 7) is 3.08. The van der Waals surface area contributed by atoms with E-state index in [2.05, 4.69) is 10.3 Å². The summed E-state index contributed by atoms with van der Waals surface area (Å²) in [6.07, 6.45) is 1.45. The van der Waals surface area contributed by atoms with Gasteiger partial charge in [0.2, 0.25) is 5.91 Å². The molecule has 1 aromatic heterocycles. The van der Waals surface area contributed by atoms with Crippen molar-refractivity contribution in [1.82, 2.24) is 15.2 Å². The number of likely N-dealkylation sites (tertiary alicyclic amines) is 1. The molecule has 1 aliphatic rings. The smallest absolute Gasteiger partial charge is 0.268 e. The van der Waals surface area contributed by atoms with Crippen LogP contribution in [0, 0.1) is 0 Å². The molecule has 2 aromatic rings. The average Bonchev–Trinajstić information content (AvgIpc) is 2.92. The quantitative estimate of drug-likeness (QED) is 0.892. The number of benzene rings is 1. The molecule has 3 rings (SSSR count). The van der Waals surface area contributed by atoms with E-state index < -0.39 is 0 Å². The summed E-state index contributed by atoms with van der Waals surface area (Å²) in [5, 5.41) is 4.11. The number of aromatic nitrogens is 1. The number of hydrogen-bond donors (Lipinski definition) is 2. The van der Waals surface area contributed by atoms with E-state index in [1.807, 2.05) is 13.0 Å². The number of rotatable bonds is 4. The Labute approximate surface area is 133 Å². The van der Waals surface area contributed by atoms with Crippen molar-refractivity contribution in [3.8, 4) is 0 Å². The SMILES string of the molecule is CC(CN1CCCC1=O)NC(=O)c1cc2ccccc2c(=O)[nH]1. The highest BCUT2D eigenvalue weighted by molar-refractivity contribution is 5.96. The molecule has 1 atom stereocenters. The van der Waals surface area contributed by atoms with Gasteiger partial charge in [0.05, 0.1) is 0 Å². The van der Waals surface area contributed by atoms with Crippen molar-refractivity contribution in [2.75, 3.05) is 13.1 Å². The third-order valence-corrected chi connectivity index (χ3v) is 4.04. The van der Waals surface area contributed by atoms with Gasteiger partial charge in [0.15, 0.2) is 0 Å². The molecule has 120 valence electrons. The van der Waals surface area contributed by atoms with Gasteiger partial charge in [0, 0.05) is 30.9 Å². The lowest BCUT2D eigenvalue weighted by molar-refractivity contribution is -0.127. The Morgan fingerprint density at radius 1 is 1.35 bits per heavy atom. The van der Waals surface area contributed by atoms with Gasteiger partial charge in [-0.2, -0.15) is 0 Å². The number of carbonyl (C=O) groups excluding carboxylic acids is 2. The van der Waals surface area contributed by atoms with Crippen LogP contribution in [0.15, 0.2) is 35.1 Å². The summed E-state index contributed by atoms with van der Waals surface area (Å²) >= 11 is 0. The molecule has 2 amide bonds. The zero-order valence-electron chi connectivity index (χ0n) is 13.0. The van der Waals surface area contributed by atoms with Crippen molar-refractivity contribution in [2.45, 2.75) is 25.8 Å². The minimum atomic E-state index is -0.341. The van der Waals surface area contributed by atoms with E-state index in [4.69, 9.17) is 0 Å². The van der Waals surface area contributed by atoms with Gasteiger partial charge >= 0.3 is 0 Å². The minimum Gasteiger partial charge on any atom is -0.347 e. The fourth-order valence-electron chi connectivity index (χ4n) is 2.91. The van der Waals surface area contributed by atoms with Gasteiger partial charge in [-0.15, -0.1) is 0 Å². The second-order valence-electron chi connectivity index (χ2n) is 5.92. The minimum absolute atomic E-state index is 0.130. The first kappa shape index (κ1) is 15.3. The Hall–Kier alpha value is -2.63. The van der Waals surface area contributed by atoms with E-state index in [0.717, 1.165) is 18.4 Å². The number of amides is 2. The van der Waals surface area contributed by atoms with Crippen molar-refractivity contribution >= 4 is 22.6 Å². The van der Waals surface area contributed by atoms with Crippen LogP contribution in [0.2, 0.25) is 0 Å². The topological polar surface area (TPSA) is 82.3 Å². The first-order valence-electron chi connectivity index (χ1n) is 7.75.